The predicted molar refractivity (Wildman–Crippen MR) is 83.7 cm³/mol. The molecule has 0 fully saturated rings. The molecule has 0 bridgehead atoms. The normalized spacial score (nSPS) is 18.5. The topological polar surface area (TPSA) is 72.6 Å². The van der Waals surface area contributed by atoms with Gasteiger partial charge in [-0.15, -0.1) is 0 Å². The van der Waals surface area contributed by atoms with Crippen molar-refractivity contribution in [1.29, 1.82) is 0 Å². The lowest BCUT2D eigenvalue weighted by molar-refractivity contribution is -0.485. The second-order valence-electron chi connectivity index (χ2n) is 5.36. The van der Waals surface area contributed by atoms with Gasteiger partial charge in [-0.2, -0.15) is 0 Å². The van der Waals surface area contributed by atoms with Gasteiger partial charge in [0, 0.05) is 16.1 Å². The van der Waals surface area contributed by atoms with E-state index in [1.54, 1.807) is 30.3 Å². The first-order chi connectivity index (χ1) is 10.5. The van der Waals surface area contributed by atoms with E-state index >= 15 is 0 Å². The van der Waals surface area contributed by atoms with E-state index in [4.69, 9.17) is 0 Å². The summed E-state index contributed by atoms with van der Waals surface area (Å²) in [5.74, 6) is -0.497. The SMILES string of the molecule is Cc1ccc(N=C2c3ccccc3C(=O)[C@@H]2[N+](=O)[O-])cc1C. The van der Waals surface area contributed by atoms with Crippen LogP contribution in [0.3, 0.4) is 0 Å². The van der Waals surface area contributed by atoms with Crippen LogP contribution in [0.25, 0.3) is 0 Å². The summed E-state index contributed by atoms with van der Waals surface area (Å²) in [6.07, 6.45) is 0. The largest absolute Gasteiger partial charge is 0.316 e. The molecule has 3 rings (SSSR count). The van der Waals surface area contributed by atoms with Gasteiger partial charge in [-0.25, -0.2) is 4.99 Å². The molecule has 5 nitrogen and oxygen atoms in total. The number of nitro groups is 1. The first-order valence-corrected chi connectivity index (χ1v) is 6.92. The lowest BCUT2D eigenvalue weighted by Gasteiger charge is -2.05. The van der Waals surface area contributed by atoms with Crippen molar-refractivity contribution >= 4 is 17.2 Å². The van der Waals surface area contributed by atoms with Gasteiger partial charge in [-0.05, 0) is 37.1 Å². The van der Waals surface area contributed by atoms with E-state index in [1.807, 2.05) is 26.0 Å². The van der Waals surface area contributed by atoms with Crippen molar-refractivity contribution in [3.63, 3.8) is 0 Å². The molecule has 0 unspecified atom stereocenters. The van der Waals surface area contributed by atoms with Crippen molar-refractivity contribution in [3.05, 3.63) is 74.8 Å². The Morgan fingerprint density at radius 3 is 2.36 bits per heavy atom. The Hall–Kier alpha value is -2.82. The highest BCUT2D eigenvalue weighted by Crippen LogP contribution is 2.28. The number of benzene rings is 2. The highest BCUT2D eigenvalue weighted by Gasteiger charge is 2.45. The van der Waals surface area contributed by atoms with Crippen LogP contribution < -0.4 is 0 Å². The Morgan fingerprint density at radius 2 is 1.73 bits per heavy atom. The number of nitrogens with zero attached hydrogens (tertiary/aromatic N) is 2. The van der Waals surface area contributed by atoms with Crippen LogP contribution >= 0.6 is 0 Å². The van der Waals surface area contributed by atoms with Gasteiger partial charge in [-0.1, -0.05) is 30.3 Å². The second kappa shape index (κ2) is 5.18. The van der Waals surface area contributed by atoms with Gasteiger partial charge in [0.1, 0.15) is 5.71 Å². The summed E-state index contributed by atoms with van der Waals surface area (Å²) < 4.78 is 0. The molecule has 0 spiro atoms. The summed E-state index contributed by atoms with van der Waals surface area (Å²) >= 11 is 0. The van der Waals surface area contributed by atoms with Crippen molar-refractivity contribution in [2.45, 2.75) is 19.9 Å². The first kappa shape index (κ1) is 14.1. The van der Waals surface area contributed by atoms with Gasteiger partial charge in [-0.3, -0.25) is 14.9 Å². The highest BCUT2D eigenvalue weighted by molar-refractivity contribution is 6.30. The van der Waals surface area contributed by atoms with Crippen LogP contribution in [-0.2, 0) is 0 Å². The standard InChI is InChI=1S/C17H14N2O3/c1-10-7-8-12(9-11(10)2)18-15-13-5-3-4-6-14(13)17(20)16(15)19(21)22/h3-9,16H,1-2H3/t16-/m1/s1. The van der Waals surface area contributed by atoms with Crippen LogP contribution in [0.4, 0.5) is 5.69 Å². The van der Waals surface area contributed by atoms with Crippen molar-refractivity contribution in [2.24, 2.45) is 4.99 Å². The zero-order valence-corrected chi connectivity index (χ0v) is 12.2. The Morgan fingerprint density at radius 1 is 1.05 bits per heavy atom. The van der Waals surface area contributed by atoms with Crippen molar-refractivity contribution in [2.75, 3.05) is 0 Å². The lowest BCUT2D eigenvalue weighted by Crippen LogP contribution is -2.31. The number of hydrogen-bond acceptors (Lipinski definition) is 4. The summed E-state index contributed by atoms with van der Waals surface area (Å²) in [6, 6.07) is 10.9. The number of aliphatic imine (C=N–C) groups is 1. The van der Waals surface area contributed by atoms with Gasteiger partial charge in [0.05, 0.1) is 5.69 Å². The van der Waals surface area contributed by atoms with Gasteiger partial charge < -0.3 is 0 Å². The molecule has 2 aromatic rings. The minimum atomic E-state index is -1.42. The minimum Gasteiger partial charge on any atom is -0.286 e. The molecule has 1 atom stereocenters. The molecule has 0 amide bonds. The van der Waals surface area contributed by atoms with Crippen LogP contribution in [0.1, 0.15) is 27.0 Å². The van der Waals surface area contributed by atoms with Crippen molar-refractivity contribution < 1.29 is 9.72 Å². The molecule has 0 saturated carbocycles. The predicted octanol–water partition coefficient (Wildman–Crippen LogP) is 3.27. The lowest BCUT2D eigenvalue weighted by atomic mass is 10.1. The zero-order valence-electron chi connectivity index (χ0n) is 12.2. The van der Waals surface area contributed by atoms with E-state index in [0.717, 1.165) is 11.1 Å². The quantitative estimate of drug-likeness (QED) is 0.630. The van der Waals surface area contributed by atoms with E-state index in [0.29, 0.717) is 16.8 Å². The summed E-state index contributed by atoms with van der Waals surface area (Å²) in [4.78, 5) is 27.4. The van der Waals surface area contributed by atoms with Crippen LogP contribution in [-0.4, -0.2) is 22.5 Å². The third-order valence-electron chi connectivity index (χ3n) is 3.93. The molecule has 2 aromatic carbocycles. The average molecular weight is 294 g/mol. The van der Waals surface area contributed by atoms with E-state index in [2.05, 4.69) is 4.99 Å². The monoisotopic (exact) mass is 294 g/mol. The summed E-state index contributed by atoms with van der Waals surface area (Å²) in [5, 5.41) is 11.3. The molecule has 5 heteroatoms. The fraction of sp³-hybridized carbons (Fsp3) is 0.176. The van der Waals surface area contributed by atoms with Crippen LogP contribution in [0.2, 0.25) is 0 Å². The molecular weight excluding hydrogens is 280 g/mol. The summed E-state index contributed by atoms with van der Waals surface area (Å²) in [6.45, 7) is 3.94. The van der Waals surface area contributed by atoms with Gasteiger partial charge in [0.25, 0.3) is 0 Å². The molecule has 0 saturated heterocycles. The smallest absolute Gasteiger partial charge is 0.286 e. The van der Waals surface area contributed by atoms with Crippen LogP contribution in [0, 0.1) is 24.0 Å². The molecule has 110 valence electrons. The first-order valence-electron chi connectivity index (χ1n) is 6.92. The second-order valence-corrected chi connectivity index (χ2v) is 5.36. The Labute approximate surface area is 127 Å². The Bertz CT molecular complexity index is 824. The Balaban J connectivity index is 2.17. The zero-order chi connectivity index (χ0) is 15.9. The van der Waals surface area contributed by atoms with E-state index in [1.165, 1.54) is 0 Å². The minimum absolute atomic E-state index is 0.217. The molecule has 0 aromatic heterocycles. The number of ketones is 1. The summed E-state index contributed by atoms with van der Waals surface area (Å²) in [7, 11) is 0. The number of Topliss-reactive ketones (excluding diaryl/α,β-unsaturated/α-hetero) is 1. The molecule has 1 aliphatic carbocycles. The van der Waals surface area contributed by atoms with E-state index < -0.39 is 16.7 Å². The fourth-order valence-corrected chi connectivity index (χ4v) is 2.59. The molecule has 0 aliphatic heterocycles. The Kier molecular flexibility index (Phi) is 3.33. The molecule has 22 heavy (non-hydrogen) atoms. The number of carbonyl (C=O) groups is 1. The average Bonchev–Trinajstić information content (AvgIpc) is 2.76. The maximum absolute atomic E-state index is 12.2. The maximum atomic E-state index is 12.2. The van der Waals surface area contributed by atoms with E-state index in [-0.39, 0.29) is 5.71 Å². The number of aryl methyl sites for hydroxylation is 2. The van der Waals surface area contributed by atoms with Gasteiger partial charge in [0.15, 0.2) is 0 Å². The van der Waals surface area contributed by atoms with Crippen molar-refractivity contribution in [3.8, 4) is 0 Å². The third kappa shape index (κ3) is 2.20. The van der Waals surface area contributed by atoms with Gasteiger partial charge >= 0.3 is 6.04 Å². The maximum Gasteiger partial charge on any atom is 0.316 e. The number of fused-ring (bicyclic) bond motifs is 1. The van der Waals surface area contributed by atoms with Crippen LogP contribution in [0.5, 0.6) is 0 Å². The van der Waals surface area contributed by atoms with Gasteiger partial charge in [0.2, 0.25) is 5.78 Å². The van der Waals surface area contributed by atoms with E-state index in [9.17, 15) is 14.9 Å². The number of hydrogen-bond donors (Lipinski definition) is 0. The molecule has 0 radical (unpaired) electrons. The fourth-order valence-electron chi connectivity index (χ4n) is 2.59. The third-order valence-corrected chi connectivity index (χ3v) is 3.93. The van der Waals surface area contributed by atoms with Crippen LogP contribution in [0.15, 0.2) is 47.5 Å². The molecule has 0 N–H and O–H groups in total. The van der Waals surface area contributed by atoms with Crippen molar-refractivity contribution in [1.82, 2.24) is 0 Å². The number of carbonyl (C=O) groups excluding carboxylic acids is 1. The summed E-state index contributed by atoms with van der Waals surface area (Å²) in [5.41, 5.74) is 3.93. The molecular formula is C17H14N2O3. The molecule has 0 heterocycles. The number of rotatable bonds is 2. The highest BCUT2D eigenvalue weighted by atomic mass is 16.6. The molecule has 1 aliphatic rings.